The van der Waals surface area contributed by atoms with Gasteiger partial charge in [-0.25, -0.2) is 4.79 Å². The van der Waals surface area contributed by atoms with E-state index in [9.17, 15) is 9.59 Å². The van der Waals surface area contributed by atoms with E-state index in [2.05, 4.69) is 10.6 Å². The molecule has 1 fully saturated rings. The number of esters is 1. The SMILES string of the molecule is CCCCOC(=O)c1cc(-c2ccc(C=C3NC(=S)NC3=O)o2)ccc1Cl. The number of furan rings is 1. The van der Waals surface area contributed by atoms with Crippen LogP contribution in [-0.4, -0.2) is 23.6 Å². The number of carbonyl (C=O) groups excluding carboxylic acids is 2. The Kier molecular flexibility index (Phi) is 5.93. The predicted molar refractivity (Wildman–Crippen MR) is 106 cm³/mol. The summed E-state index contributed by atoms with van der Waals surface area (Å²) in [6.07, 6.45) is 3.28. The molecule has 0 radical (unpaired) electrons. The van der Waals surface area contributed by atoms with Crippen molar-refractivity contribution in [3.05, 3.63) is 52.4 Å². The van der Waals surface area contributed by atoms with Gasteiger partial charge in [0.05, 0.1) is 17.2 Å². The molecule has 0 spiro atoms. The van der Waals surface area contributed by atoms with Crippen molar-refractivity contribution in [2.45, 2.75) is 19.8 Å². The van der Waals surface area contributed by atoms with Crippen LogP contribution in [0.25, 0.3) is 17.4 Å². The van der Waals surface area contributed by atoms with Gasteiger partial charge in [-0.2, -0.15) is 0 Å². The van der Waals surface area contributed by atoms with Crippen molar-refractivity contribution in [1.29, 1.82) is 0 Å². The highest BCUT2D eigenvalue weighted by Gasteiger charge is 2.21. The first-order valence-corrected chi connectivity index (χ1v) is 9.17. The summed E-state index contributed by atoms with van der Waals surface area (Å²) in [4.78, 5) is 23.9. The lowest BCUT2D eigenvalue weighted by Gasteiger charge is -2.07. The first-order valence-electron chi connectivity index (χ1n) is 8.39. The molecule has 8 heteroatoms. The van der Waals surface area contributed by atoms with E-state index >= 15 is 0 Å². The maximum Gasteiger partial charge on any atom is 0.339 e. The summed E-state index contributed by atoms with van der Waals surface area (Å²) in [5, 5.41) is 5.79. The standard InChI is InChI=1S/C19H17ClN2O4S/c1-2-3-8-25-18(24)13-9-11(4-6-14(13)20)16-7-5-12(26-16)10-15-17(23)22-19(27)21-15/h4-7,9-10H,2-3,8H2,1H3,(H2,21,22,23,27). The quantitative estimate of drug-likeness (QED) is 0.329. The Hall–Kier alpha value is -2.64. The van der Waals surface area contributed by atoms with Crippen molar-refractivity contribution < 1.29 is 18.7 Å². The predicted octanol–water partition coefficient (Wildman–Crippen LogP) is 3.90. The van der Waals surface area contributed by atoms with E-state index in [0.717, 1.165) is 12.8 Å². The van der Waals surface area contributed by atoms with Crippen LogP contribution in [0.5, 0.6) is 0 Å². The second-order valence-electron chi connectivity index (χ2n) is 5.85. The number of benzene rings is 1. The number of unbranched alkanes of at least 4 members (excludes halogenated alkanes) is 1. The minimum atomic E-state index is -0.468. The van der Waals surface area contributed by atoms with Gasteiger partial charge in [0.15, 0.2) is 5.11 Å². The zero-order valence-corrected chi connectivity index (χ0v) is 16.1. The van der Waals surface area contributed by atoms with Crippen LogP contribution in [0.1, 0.15) is 35.9 Å². The second kappa shape index (κ2) is 8.37. The van der Waals surface area contributed by atoms with E-state index < -0.39 is 5.97 Å². The van der Waals surface area contributed by atoms with E-state index in [1.807, 2.05) is 6.92 Å². The van der Waals surface area contributed by atoms with Crippen molar-refractivity contribution >= 4 is 46.9 Å². The summed E-state index contributed by atoms with van der Waals surface area (Å²) in [5.41, 5.74) is 1.26. The molecular weight excluding hydrogens is 388 g/mol. The van der Waals surface area contributed by atoms with E-state index in [1.165, 1.54) is 0 Å². The molecule has 2 aromatic rings. The molecule has 1 amide bonds. The van der Waals surface area contributed by atoms with Crippen molar-refractivity contribution in [2.75, 3.05) is 6.61 Å². The van der Waals surface area contributed by atoms with Gasteiger partial charge in [0.1, 0.15) is 17.2 Å². The van der Waals surface area contributed by atoms with Gasteiger partial charge in [0.25, 0.3) is 5.91 Å². The van der Waals surface area contributed by atoms with E-state index in [4.69, 9.17) is 33.0 Å². The van der Waals surface area contributed by atoms with Crippen LogP contribution >= 0.6 is 23.8 Å². The Bertz CT molecular complexity index is 936. The maximum absolute atomic E-state index is 12.2. The molecule has 1 aromatic carbocycles. The molecule has 1 aromatic heterocycles. The molecule has 0 aliphatic carbocycles. The lowest BCUT2D eigenvalue weighted by atomic mass is 10.1. The average molecular weight is 405 g/mol. The summed E-state index contributed by atoms with van der Waals surface area (Å²) < 4.78 is 11.0. The second-order valence-corrected chi connectivity index (χ2v) is 6.67. The fourth-order valence-corrected chi connectivity index (χ4v) is 2.83. The summed E-state index contributed by atoms with van der Waals surface area (Å²) in [6, 6.07) is 8.45. The largest absolute Gasteiger partial charge is 0.462 e. The van der Waals surface area contributed by atoms with Crippen LogP contribution in [0.3, 0.4) is 0 Å². The molecule has 2 heterocycles. The Balaban J connectivity index is 1.81. The van der Waals surface area contributed by atoms with Gasteiger partial charge in [0.2, 0.25) is 0 Å². The number of thiocarbonyl (C=S) groups is 1. The first kappa shape index (κ1) is 19.1. The summed E-state index contributed by atoms with van der Waals surface area (Å²) in [5.74, 6) is 0.211. The molecule has 140 valence electrons. The van der Waals surface area contributed by atoms with Gasteiger partial charge >= 0.3 is 5.97 Å². The van der Waals surface area contributed by atoms with Crippen molar-refractivity contribution in [2.24, 2.45) is 0 Å². The highest BCUT2D eigenvalue weighted by atomic mass is 35.5. The number of halogens is 1. The topological polar surface area (TPSA) is 80.6 Å². The third-order valence-electron chi connectivity index (χ3n) is 3.84. The van der Waals surface area contributed by atoms with Crippen LogP contribution in [-0.2, 0) is 9.53 Å². The molecule has 1 aliphatic heterocycles. The van der Waals surface area contributed by atoms with Gasteiger partial charge in [-0.15, -0.1) is 0 Å². The minimum absolute atomic E-state index is 0.252. The summed E-state index contributed by atoms with van der Waals surface area (Å²) in [6.45, 7) is 2.37. The number of hydrogen-bond donors (Lipinski definition) is 2. The number of carbonyl (C=O) groups is 2. The fourth-order valence-electron chi connectivity index (χ4n) is 2.43. The van der Waals surface area contributed by atoms with Crippen molar-refractivity contribution in [3.8, 4) is 11.3 Å². The Morgan fingerprint density at radius 2 is 2.11 bits per heavy atom. The Morgan fingerprint density at radius 3 is 2.81 bits per heavy atom. The number of amides is 1. The maximum atomic E-state index is 12.2. The van der Waals surface area contributed by atoms with Crippen molar-refractivity contribution in [1.82, 2.24) is 10.6 Å². The minimum Gasteiger partial charge on any atom is -0.462 e. The molecule has 27 heavy (non-hydrogen) atoms. The lowest BCUT2D eigenvalue weighted by molar-refractivity contribution is -0.115. The number of ether oxygens (including phenoxy) is 1. The smallest absolute Gasteiger partial charge is 0.339 e. The molecule has 6 nitrogen and oxygen atoms in total. The number of nitrogens with one attached hydrogen (secondary N) is 2. The average Bonchev–Trinajstić information content (AvgIpc) is 3.22. The molecule has 0 unspecified atom stereocenters. The lowest BCUT2D eigenvalue weighted by Crippen LogP contribution is -2.21. The monoisotopic (exact) mass is 404 g/mol. The third-order valence-corrected chi connectivity index (χ3v) is 4.37. The molecule has 0 bridgehead atoms. The van der Waals surface area contributed by atoms with Gasteiger partial charge < -0.3 is 14.5 Å². The fraction of sp³-hybridized carbons (Fsp3) is 0.211. The first-order chi connectivity index (χ1) is 13.0. The number of rotatable bonds is 6. The van der Waals surface area contributed by atoms with E-state index in [1.54, 1.807) is 36.4 Å². The van der Waals surface area contributed by atoms with Crippen LogP contribution < -0.4 is 10.6 Å². The number of hydrogen-bond acceptors (Lipinski definition) is 5. The molecule has 1 aliphatic rings. The molecule has 1 saturated heterocycles. The van der Waals surface area contributed by atoms with E-state index in [-0.39, 0.29) is 16.6 Å². The Morgan fingerprint density at radius 1 is 1.30 bits per heavy atom. The molecule has 0 atom stereocenters. The zero-order chi connectivity index (χ0) is 19.4. The van der Waals surface area contributed by atoms with Gasteiger partial charge in [0, 0.05) is 11.6 Å². The third kappa shape index (κ3) is 4.56. The van der Waals surface area contributed by atoms with Crippen LogP contribution in [0, 0.1) is 0 Å². The van der Waals surface area contributed by atoms with E-state index in [0.29, 0.717) is 34.4 Å². The van der Waals surface area contributed by atoms with Crippen LogP contribution in [0.15, 0.2) is 40.4 Å². The normalized spacial score (nSPS) is 15.0. The van der Waals surface area contributed by atoms with Gasteiger partial charge in [-0.05, 0) is 49.0 Å². The molecular formula is C19H17ClN2O4S. The highest BCUT2D eigenvalue weighted by Crippen LogP contribution is 2.28. The summed E-state index contributed by atoms with van der Waals surface area (Å²) in [7, 11) is 0. The molecule has 2 N–H and O–H groups in total. The Labute approximate surface area is 166 Å². The molecule has 0 saturated carbocycles. The van der Waals surface area contributed by atoms with Crippen LogP contribution in [0.2, 0.25) is 5.02 Å². The highest BCUT2D eigenvalue weighted by molar-refractivity contribution is 7.80. The zero-order valence-electron chi connectivity index (χ0n) is 14.5. The molecule has 3 rings (SSSR count). The van der Waals surface area contributed by atoms with Crippen LogP contribution in [0.4, 0.5) is 0 Å². The van der Waals surface area contributed by atoms with Gasteiger partial charge in [-0.3, -0.25) is 10.1 Å². The van der Waals surface area contributed by atoms with Crippen molar-refractivity contribution in [3.63, 3.8) is 0 Å². The summed E-state index contributed by atoms with van der Waals surface area (Å²) >= 11 is 11.0. The van der Waals surface area contributed by atoms with Gasteiger partial charge in [-0.1, -0.05) is 24.9 Å².